The predicted molar refractivity (Wildman–Crippen MR) is 64.2 cm³/mol. The highest BCUT2D eigenvalue weighted by Crippen LogP contribution is 2.49. The topological polar surface area (TPSA) is 0 Å². The zero-order chi connectivity index (χ0) is 9.26. The van der Waals surface area contributed by atoms with Crippen molar-refractivity contribution in [2.75, 3.05) is 0 Å². The van der Waals surface area contributed by atoms with E-state index in [-0.39, 0.29) is 0 Å². The molecule has 0 aromatic carbocycles. The predicted octanol–water partition coefficient (Wildman–Crippen LogP) is 4.42. The van der Waals surface area contributed by atoms with Crippen molar-refractivity contribution in [3.05, 3.63) is 9.81 Å². The first kappa shape index (κ1) is 9.97. The molecule has 0 N–H and O–H groups in total. The second-order valence-corrected chi connectivity index (χ2v) is 6.72. The maximum absolute atomic E-state index is 2.31. The van der Waals surface area contributed by atoms with E-state index >= 15 is 0 Å². The Balaban J connectivity index is 2.09. The molecule has 2 rings (SSSR count). The van der Waals surface area contributed by atoms with Gasteiger partial charge < -0.3 is 0 Å². The summed E-state index contributed by atoms with van der Waals surface area (Å²) < 4.78 is 0. The lowest BCUT2D eigenvalue weighted by atomic mass is 10.00. The van der Waals surface area contributed by atoms with Crippen LogP contribution in [0.4, 0.5) is 0 Å². The molecule has 0 bridgehead atoms. The average molecular weight is 214 g/mol. The standard InChI is InChI=1S/C11H18S2/c1-3-9-8(2)12-10-6-4-5-7-11(10)13-9/h10-11H,3-7H2,1-2H3. The van der Waals surface area contributed by atoms with Crippen LogP contribution in [0.2, 0.25) is 0 Å². The Morgan fingerprint density at radius 3 is 2.38 bits per heavy atom. The van der Waals surface area contributed by atoms with Crippen molar-refractivity contribution in [2.24, 2.45) is 0 Å². The van der Waals surface area contributed by atoms with Crippen LogP contribution in [0.3, 0.4) is 0 Å². The van der Waals surface area contributed by atoms with E-state index in [1.807, 2.05) is 0 Å². The third-order valence-corrected chi connectivity index (χ3v) is 6.49. The molecular formula is C11H18S2. The van der Waals surface area contributed by atoms with Gasteiger partial charge in [-0.3, -0.25) is 0 Å². The van der Waals surface area contributed by atoms with Crippen LogP contribution >= 0.6 is 23.5 Å². The molecule has 0 nitrogen and oxygen atoms in total. The fraction of sp³-hybridized carbons (Fsp3) is 0.818. The van der Waals surface area contributed by atoms with Gasteiger partial charge in [0.05, 0.1) is 0 Å². The van der Waals surface area contributed by atoms with Gasteiger partial charge in [0, 0.05) is 10.5 Å². The maximum Gasteiger partial charge on any atom is 0.0214 e. The Kier molecular flexibility index (Phi) is 3.31. The number of hydrogen-bond acceptors (Lipinski definition) is 2. The highest BCUT2D eigenvalue weighted by molar-refractivity contribution is 8.10. The van der Waals surface area contributed by atoms with Crippen LogP contribution in [0.5, 0.6) is 0 Å². The van der Waals surface area contributed by atoms with Gasteiger partial charge >= 0.3 is 0 Å². The van der Waals surface area contributed by atoms with Crippen molar-refractivity contribution in [2.45, 2.75) is 56.5 Å². The van der Waals surface area contributed by atoms with Crippen LogP contribution < -0.4 is 0 Å². The monoisotopic (exact) mass is 214 g/mol. The number of fused-ring (bicyclic) bond motifs is 1. The number of thioether (sulfide) groups is 2. The fourth-order valence-corrected chi connectivity index (χ4v) is 5.42. The van der Waals surface area contributed by atoms with Crippen LogP contribution in [0, 0.1) is 0 Å². The molecule has 0 aromatic heterocycles. The van der Waals surface area contributed by atoms with Gasteiger partial charge in [0.15, 0.2) is 0 Å². The summed E-state index contributed by atoms with van der Waals surface area (Å²) in [5, 5.41) is 1.88. The summed E-state index contributed by atoms with van der Waals surface area (Å²) in [4.78, 5) is 3.27. The van der Waals surface area contributed by atoms with Crippen LogP contribution in [0.25, 0.3) is 0 Å². The summed E-state index contributed by atoms with van der Waals surface area (Å²) in [5.74, 6) is 0. The molecule has 1 aliphatic carbocycles. The van der Waals surface area contributed by atoms with Crippen LogP contribution in [-0.2, 0) is 0 Å². The van der Waals surface area contributed by atoms with Gasteiger partial charge in [-0.05, 0) is 36.0 Å². The Hall–Kier alpha value is 0.440. The first-order valence-electron chi connectivity index (χ1n) is 5.34. The molecule has 1 saturated carbocycles. The summed E-state index contributed by atoms with van der Waals surface area (Å²) in [5.41, 5.74) is 0. The van der Waals surface area contributed by atoms with Crippen molar-refractivity contribution >= 4 is 23.5 Å². The third kappa shape index (κ3) is 2.10. The van der Waals surface area contributed by atoms with Gasteiger partial charge in [-0.1, -0.05) is 19.8 Å². The van der Waals surface area contributed by atoms with Crippen LogP contribution in [0.1, 0.15) is 46.0 Å². The first-order chi connectivity index (χ1) is 6.31. The van der Waals surface area contributed by atoms with Gasteiger partial charge in [-0.25, -0.2) is 0 Å². The summed E-state index contributed by atoms with van der Waals surface area (Å²) in [7, 11) is 0. The molecule has 0 saturated heterocycles. The maximum atomic E-state index is 2.31. The number of allylic oxidation sites excluding steroid dienone is 2. The van der Waals surface area contributed by atoms with E-state index in [0.29, 0.717) is 0 Å². The molecule has 0 amide bonds. The zero-order valence-corrected chi connectivity index (χ0v) is 10.1. The Morgan fingerprint density at radius 1 is 1.15 bits per heavy atom. The summed E-state index contributed by atoms with van der Waals surface area (Å²) in [6, 6.07) is 0. The normalized spacial score (nSPS) is 34.6. The molecule has 1 heterocycles. The third-order valence-electron chi connectivity index (χ3n) is 2.98. The zero-order valence-electron chi connectivity index (χ0n) is 8.51. The molecule has 2 atom stereocenters. The smallest absolute Gasteiger partial charge is 0.0214 e. The highest BCUT2D eigenvalue weighted by Gasteiger charge is 2.31. The van der Waals surface area contributed by atoms with E-state index in [1.54, 1.807) is 9.81 Å². The molecule has 2 unspecified atom stereocenters. The van der Waals surface area contributed by atoms with E-state index in [9.17, 15) is 0 Å². The van der Waals surface area contributed by atoms with Crippen molar-refractivity contribution in [3.63, 3.8) is 0 Å². The van der Waals surface area contributed by atoms with Gasteiger partial charge in [-0.15, -0.1) is 23.5 Å². The van der Waals surface area contributed by atoms with E-state index in [4.69, 9.17) is 0 Å². The minimum Gasteiger partial charge on any atom is -0.125 e. The summed E-state index contributed by atoms with van der Waals surface area (Å²) in [6.07, 6.45) is 7.08. The van der Waals surface area contributed by atoms with E-state index in [0.717, 1.165) is 10.5 Å². The molecule has 13 heavy (non-hydrogen) atoms. The summed E-state index contributed by atoms with van der Waals surface area (Å²) >= 11 is 4.34. The molecule has 1 fully saturated rings. The molecule has 0 radical (unpaired) electrons. The largest absolute Gasteiger partial charge is 0.125 e. The van der Waals surface area contributed by atoms with Gasteiger partial charge in [0.25, 0.3) is 0 Å². The minimum atomic E-state index is 0.939. The van der Waals surface area contributed by atoms with Crippen molar-refractivity contribution < 1.29 is 0 Å². The lowest BCUT2D eigenvalue weighted by Crippen LogP contribution is -2.26. The van der Waals surface area contributed by atoms with Gasteiger partial charge in [0.1, 0.15) is 0 Å². The first-order valence-corrected chi connectivity index (χ1v) is 7.10. The second-order valence-electron chi connectivity index (χ2n) is 3.93. The molecule has 2 aliphatic rings. The van der Waals surface area contributed by atoms with E-state index in [2.05, 4.69) is 37.4 Å². The van der Waals surface area contributed by atoms with Crippen molar-refractivity contribution in [1.82, 2.24) is 0 Å². The fourth-order valence-electron chi connectivity index (χ4n) is 2.22. The SMILES string of the molecule is CCC1=C(C)SC2CCCCC2S1. The quantitative estimate of drug-likeness (QED) is 0.634. The number of hydrogen-bond donors (Lipinski definition) is 0. The molecule has 0 aromatic rings. The molecule has 1 aliphatic heterocycles. The molecular weight excluding hydrogens is 196 g/mol. The second kappa shape index (κ2) is 4.31. The molecule has 2 heteroatoms. The lowest BCUT2D eigenvalue weighted by molar-refractivity contribution is 0.528. The Morgan fingerprint density at radius 2 is 1.77 bits per heavy atom. The highest BCUT2D eigenvalue weighted by atomic mass is 32.2. The minimum absolute atomic E-state index is 0.939. The van der Waals surface area contributed by atoms with Gasteiger partial charge in [-0.2, -0.15) is 0 Å². The lowest BCUT2D eigenvalue weighted by Gasteiger charge is -2.35. The molecule has 74 valence electrons. The Bertz CT molecular complexity index is 220. The number of rotatable bonds is 1. The molecule has 0 spiro atoms. The average Bonchev–Trinajstić information content (AvgIpc) is 2.17. The van der Waals surface area contributed by atoms with Crippen molar-refractivity contribution in [1.29, 1.82) is 0 Å². The van der Waals surface area contributed by atoms with E-state index < -0.39 is 0 Å². The Labute approximate surface area is 89.9 Å². The van der Waals surface area contributed by atoms with Crippen LogP contribution in [-0.4, -0.2) is 10.5 Å². The van der Waals surface area contributed by atoms with Crippen LogP contribution in [0.15, 0.2) is 9.81 Å². The van der Waals surface area contributed by atoms with E-state index in [1.165, 1.54) is 32.1 Å². The van der Waals surface area contributed by atoms with Gasteiger partial charge in [0.2, 0.25) is 0 Å². The summed E-state index contributed by atoms with van der Waals surface area (Å²) in [6.45, 7) is 4.59. The van der Waals surface area contributed by atoms with Crippen molar-refractivity contribution in [3.8, 4) is 0 Å².